The summed E-state index contributed by atoms with van der Waals surface area (Å²) in [4.78, 5) is 24.0. The summed E-state index contributed by atoms with van der Waals surface area (Å²) >= 11 is 0. The smallest absolute Gasteiger partial charge is 0.336 e. The Hall–Kier alpha value is -4.39. The molecule has 0 bridgehead atoms. The van der Waals surface area contributed by atoms with Crippen molar-refractivity contribution in [1.82, 2.24) is 5.43 Å². The topological polar surface area (TPSA) is 86.2 Å². The molecule has 174 valence electrons. The number of hydrazone groups is 1. The number of hydrogen-bond donors (Lipinski definition) is 1. The number of hydrogen-bond acceptors (Lipinski definition) is 6. The van der Waals surface area contributed by atoms with Crippen LogP contribution in [0.2, 0.25) is 0 Å². The molecule has 7 nitrogen and oxygen atoms in total. The first-order valence-electron chi connectivity index (χ1n) is 10.6. The number of carbonyl (C=O) groups is 2. The molecule has 3 aromatic carbocycles. The summed E-state index contributed by atoms with van der Waals surface area (Å²) in [5.74, 6) is 0.948. The maximum absolute atomic E-state index is 12.0. The van der Waals surface area contributed by atoms with Gasteiger partial charge in [0.1, 0.15) is 17.2 Å². The van der Waals surface area contributed by atoms with Gasteiger partial charge in [0, 0.05) is 6.08 Å². The Kier molecular flexibility index (Phi) is 8.57. The van der Waals surface area contributed by atoms with Crippen molar-refractivity contribution in [2.75, 3.05) is 13.7 Å². The zero-order valence-electron chi connectivity index (χ0n) is 19.3. The van der Waals surface area contributed by atoms with Gasteiger partial charge in [0.25, 0.3) is 5.91 Å². The molecule has 0 aliphatic rings. The molecule has 0 fully saturated rings. The molecule has 0 aliphatic heterocycles. The third-order valence-corrected chi connectivity index (χ3v) is 4.73. The Morgan fingerprint density at radius 1 is 0.912 bits per heavy atom. The van der Waals surface area contributed by atoms with Crippen LogP contribution in [-0.2, 0) is 9.59 Å². The van der Waals surface area contributed by atoms with Crippen molar-refractivity contribution in [3.8, 4) is 17.2 Å². The van der Waals surface area contributed by atoms with Crippen LogP contribution < -0.4 is 19.6 Å². The van der Waals surface area contributed by atoms with Crippen LogP contribution >= 0.6 is 0 Å². The molecule has 0 atom stereocenters. The lowest BCUT2D eigenvalue weighted by Crippen LogP contribution is -2.24. The highest BCUT2D eigenvalue weighted by Gasteiger charge is 2.05. The quantitative estimate of drug-likeness (QED) is 0.168. The van der Waals surface area contributed by atoms with E-state index in [1.165, 1.54) is 12.3 Å². The van der Waals surface area contributed by atoms with Gasteiger partial charge >= 0.3 is 5.97 Å². The highest BCUT2D eigenvalue weighted by Crippen LogP contribution is 2.19. The molecule has 3 rings (SSSR count). The van der Waals surface area contributed by atoms with Gasteiger partial charge in [-0.05, 0) is 84.6 Å². The summed E-state index contributed by atoms with van der Waals surface area (Å²) in [7, 11) is 1.60. The largest absolute Gasteiger partial charge is 0.497 e. The van der Waals surface area contributed by atoms with Crippen LogP contribution in [-0.4, -0.2) is 31.8 Å². The maximum Gasteiger partial charge on any atom is 0.336 e. The van der Waals surface area contributed by atoms with E-state index in [-0.39, 0.29) is 12.5 Å². The molecule has 3 aromatic rings. The highest BCUT2D eigenvalue weighted by atomic mass is 16.5. The number of nitrogens with zero attached hydrogens (tertiary/aromatic N) is 1. The van der Waals surface area contributed by atoms with E-state index in [2.05, 4.69) is 10.5 Å². The number of benzene rings is 3. The predicted octanol–water partition coefficient (Wildman–Crippen LogP) is 4.46. The minimum absolute atomic E-state index is 0.138. The van der Waals surface area contributed by atoms with Crippen molar-refractivity contribution in [2.24, 2.45) is 5.10 Å². The molecular weight excluding hydrogens is 432 g/mol. The van der Waals surface area contributed by atoms with E-state index < -0.39 is 5.97 Å². The monoisotopic (exact) mass is 458 g/mol. The van der Waals surface area contributed by atoms with E-state index in [1.807, 2.05) is 56.3 Å². The van der Waals surface area contributed by atoms with Crippen molar-refractivity contribution in [3.05, 3.63) is 95.1 Å². The van der Waals surface area contributed by atoms with Gasteiger partial charge in [0.05, 0.1) is 13.3 Å². The SMILES string of the molecule is COc1ccc(/C=C/C(=O)Oc2ccc(/C=N/NC(=O)COc3cc(C)ccc3C)cc2)cc1. The number of nitrogens with one attached hydrogen (secondary N) is 1. The molecule has 34 heavy (non-hydrogen) atoms. The van der Waals surface area contributed by atoms with Crippen LogP contribution in [0.4, 0.5) is 0 Å². The Balaban J connectivity index is 1.44. The van der Waals surface area contributed by atoms with Crippen LogP contribution in [0.1, 0.15) is 22.3 Å². The van der Waals surface area contributed by atoms with Gasteiger partial charge in [0.15, 0.2) is 6.61 Å². The van der Waals surface area contributed by atoms with Gasteiger partial charge in [0.2, 0.25) is 0 Å². The predicted molar refractivity (Wildman–Crippen MR) is 131 cm³/mol. The standard InChI is InChI=1S/C27H26N2O5/c1-19-4-5-20(2)25(16-19)33-18-26(30)29-28-17-22-8-13-24(14-9-22)34-27(31)15-10-21-6-11-23(32-3)12-7-21/h4-17H,18H2,1-3H3,(H,29,30)/b15-10+,28-17+. The minimum Gasteiger partial charge on any atom is -0.497 e. The lowest BCUT2D eigenvalue weighted by atomic mass is 10.1. The fourth-order valence-corrected chi connectivity index (χ4v) is 2.87. The third-order valence-electron chi connectivity index (χ3n) is 4.73. The molecule has 0 heterocycles. The van der Waals surface area contributed by atoms with Gasteiger partial charge in [-0.3, -0.25) is 4.79 Å². The normalized spacial score (nSPS) is 10.9. The van der Waals surface area contributed by atoms with Gasteiger partial charge < -0.3 is 14.2 Å². The van der Waals surface area contributed by atoms with Crippen molar-refractivity contribution in [3.63, 3.8) is 0 Å². The average Bonchev–Trinajstić information content (AvgIpc) is 2.84. The molecule has 0 saturated heterocycles. The van der Waals surface area contributed by atoms with E-state index in [0.717, 1.165) is 28.0 Å². The van der Waals surface area contributed by atoms with E-state index >= 15 is 0 Å². The summed E-state index contributed by atoms with van der Waals surface area (Å²) in [6.45, 7) is 3.74. The van der Waals surface area contributed by atoms with Crippen molar-refractivity contribution < 1.29 is 23.8 Å². The van der Waals surface area contributed by atoms with Crippen LogP contribution in [0.15, 0.2) is 77.9 Å². The number of ether oxygens (including phenoxy) is 3. The number of esters is 1. The molecule has 1 N–H and O–H groups in total. The molecule has 0 aliphatic carbocycles. The summed E-state index contributed by atoms with van der Waals surface area (Å²) in [5.41, 5.74) is 6.02. The second-order valence-electron chi connectivity index (χ2n) is 7.45. The second kappa shape index (κ2) is 12.0. The first-order chi connectivity index (χ1) is 16.4. The number of aryl methyl sites for hydroxylation is 2. The third kappa shape index (κ3) is 7.63. The lowest BCUT2D eigenvalue weighted by molar-refractivity contribution is -0.129. The summed E-state index contributed by atoms with van der Waals surface area (Å²) in [6.07, 6.45) is 4.51. The summed E-state index contributed by atoms with van der Waals surface area (Å²) in [6, 6.07) is 19.8. The molecule has 1 amide bonds. The van der Waals surface area contributed by atoms with E-state index in [0.29, 0.717) is 11.5 Å². The van der Waals surface area contributed by atoms with Gasteiger partial charge in [-0.15, -0.1) is 0 Å². The molecule has 0 saturated carbocycles. The summed E-state index contributed by atoms with van der Waals surface area (Å²) in [5, 5.41) is 3.93. The molecular formula is C27H26N2O5. The maximum atomic E-state index is 12.0. The van der Waals surface area contributed by atoms with Crippen molar-refractivity contribution in [2.45, 2.75) is 13.8 Å². The van der Waals surface area contributed by atoms with Crippen LogP contribution in [0.5, 0.6) is 17.2 Å². The molecule has 0 unspecified atom stereocenters. The Bertz CT molecular complexity index is 1180. The fraction of sp³-hybridized carbons (Fsp3) is 0.148. The lowest BCUT2D eigenvalue weighted by Gasteiger charge is -2.08. The second-order valence-corrected chi connectivity index (χ2v) is 7.45. The average molecular weight is 459 g/mol. The zero-order valence-corrected chi connectivity index (χ0v) is 19.3. The van der Waals surface area contributed by atoms with Crippen LogP contribution in [0.3, 0.4) is 0 Å². The molecule has 0 spiro atoms. The van der Waals surface area contributed by atoms with Crippen molar-refractivity contribution in [1.29, 1.82) is 0 Å². The van der Waals surface area contributed by atoms with Crippen LogP contribution in [0.25, 0.3) is 6.08 Å². The number of rotatable bonds is 9. The van der Waals surface area contributed by atoms with E-state index in [1.54, 1.807) is 37.5 Å². The molecule has 7 heteroatoms. The first kappa shape index (κ1) is 24.3. The van der Waals surface area contributed by atoms with E-state index in [4.69, 9.17) is 14.2 Å². The number of amides is 1. The Morgan fingerprint density at radius 3 is 2.29 bits per heavy atom. The fourth-order valence-electron chi connectivity index (χ4n) is 2.87. The minimum atomic E-state index is -0.492. The van der Waals surface area contributed by atoms with E-state index in [9.17, 15) is 9.59 Å². The summed E-state index contributed by atoms with van der Waals surface area (Å²) < 4.78 is 15.9. The number of methoxy groups -OCH3 is 1. The highest BCUT2D eigenvalue weighted by molar-refractivity contribution is 5.89. The molecule has 0 aromatic heterocycles. The Morgan fingerprint density at radius 2 is 1.59 bits per heavy atom. The molecule has 0 radical (unpaired) electrons. The number of carbonyl (C=O) groups excluding carboxylic acids is 2. The Labute approximate surface area is 198 Å². The van der Waals surface area contributed by atoms with Crippen LogP contribution in [0, 0.1) is 13.8 Å². The van der Waals surface area contributed by atoms with Crippen molar-refractivity contribution >= 4 is 24.2 Å². The van der Waals surface area contributed by atoms with Gasteiger partial charge in [-0.1, -0.05) is 24.3 Å². The van der Waals surface area contributed by atoms with Gasteiger partial charge in [-0.25, -0.2) is 10.2 Å². The zero-order chi connectivity index (χ0) is 24.3. The first-order valence-corrected chi connectivity index (χ1v) is 10.6. The van der Waals surface area contributed by atoms with Gasteiger partial charge in [-0.2, -0.15) is 5.10 Å².